The van der Waals surface area contributed by atoms with Crippen LogP contribution < -0.4 is 10.6 Å². The predicted molar refractivity (Wildman–Crippen MR) is 79.6 cm³/mol. The van der Waals surface area contributed by atoms with Crippen LogP contribution in [0.2, 0.25) is 0 Å². The molecule has 19 heavy (non-hydrogen) atoms. The summed E-state index contributed by atoms with van der Waals surface area (Å²) in [7, 11) is 0. The highest BCUT2D eigenvalue weighted by molar-refractivity contribution is 5.40. The van der Waals surface area contributed by atoms with Gasteiger partial charge in [0.15, 0.2) is 0 Å². The average molecular weight is 266 g/mol. The third-order valence-electron chi connectivity index (χ3n) is 2.83. The molecule has 0 fully saturated rings. The SMILES string of the molecule is CCCNc1nccc(NC(COCC)C(C)C)n1. The number of nitrogens with one attached hydrogen (secondary N) is 2. The van der Waals surface area contributed by atoms with Crippen LogP contribution in [0.3, 0.4) is 0 Å². The second kappa shape index (κ2) is 8.69. The maximum atomic E-state index is 5.50. The highest BCUT2D eigenvalue weighted by Crippen LogP contribution is 2.12. The van der Waals surface area contributed by atoms with Crippen molar-refractivity contribution < 1.29 is 4.74 Å². The molecule has 1 atom stereocenters. The van der Waals surface area contributed by atoms with Gasteiger partial charge in [-0.2, -0.15) is 4.98 Å². The van der Waals surface area contributed by atoms with Crippen LogP contribution in [0, 0.1) is 5.92 Å². The molecule has 0 amide bonds. The summed E-state index contributed by atoms with van der Waals surface area (Å²) in [5.41, 5.74) is 0. The van der Waals surface area contributed by atoms with Crippen molar-refractivity contribution in [3.63, 3.8) is 0 Å². The van der Waals surface area contributed by atoms with E-state index in [0.717, 1.165) is 25.4 Å². The summed E-state index contributed by atoms with van der Waals surface area (Å²) in [6.45, 7) is 10.8. The van der Waals surface area contributed by atoms with Gasteiger partial charge in [0.2, 0.25) is 5.95 Å². The maximum Gasteiger partial charge on any atom is 0.224 e. The van der Waals surface area contributed by atoms with E-state index in [1.165, 1.54) is 0 Å². The molecule has 0 saturated heterocycles. The Morgan fingerprint density at radius 1 is 1.32 bits per heavy atom. The molecule has 0 radical (unpaired) electrons. The van der Waals surface area contributed by atoms with Gasteiger partial charge in [0, 0.05) is 19.3 Å². The summed E-state index contributed by atoms with van der Waals surface area (Å²) in [6, 6.07) is 2.15. The molecule has 5 heteroatoms. The zero-order valence-corrected chi connectivity index (χ0v) is 12.4. The number of ether oxygens (including phenoxy) is 1. The van der Waals surface area contributed by atoms with Gasteiger partial charge in [0.1, 0.15) is 5.82 Å². The highest BCUT2D eigenvalue weighted by atomic mass is 16.5. The lowest BCUT2D eigenvalue weighted by molar-refractivity contribution is 0.126. The number of nitrogens with zero attached hydrogens (tertiary/aromatic N) is 2. The van der Waals surface area contributed by atoms with Crippen LogP contribution in [0.5, 0.6) is 0 Å². The summed E-state index contributed by atoms with van der Waals surface area (Å²) in [4.78, 5) is 8.65. The highest BCUT2D eigenvalue weighted by Gasteiger charge is 2.14. The number of hydrogen-bond acceptors (Lipinski definition) is 5. The Kier molecular flexibility index (Phi) is 7.18. The first kappa shape index (κ1) is 15.7. The van der Waals surface area contributed by atoms with Crippen molar-refractivity contribution >= 4 is 11.8 Å². The Labute approximate surface area is 116 Å². The molecule has 0 aromatic carbocycles. The van der Waals surface area contributed by atoms with Crippen LogP contribution in [-0.2, 0) is 4.74 Å². The van der Waals surface area contributed by atoms with Crippen molar-refractivity contribution in [2.75, 3.05) is 30.4 Å². The van der Waals surface area contributed by atoms with Crippen molar-refractivity contribution in [1.29, 1.82) is 0 Å². The Morgan fingerprint density at radius 3 is 2.74 bits per heavy atom. The van der Waals surface area contributed by atoms with Crippen molar-refractivity contribution in [3.8, 4) is 0 Å². The molecule has 0 spiro atoms. The Bertz CT molecular complexity index is 357. The van der Waals surface area contributed by atoms with Crippen LogP contribution in [-0.4, -0.2) is 35.8 Å². The zero-order valence-electron chi connectivity index (χ0n) is 12.4. The third kappa shape index (κ3) is 5.87. The van der Waals surface area contributed by atoms with Crippen LogP contribution in [0.25, 0.3) is 0 Å². The lowest BCUT2D eigenvalue weighted by Crippen LogP contribution is -2.31. The van der Waals surface area contributed by atoms with Crippen molar-refractivity contribution in [2.45, 2.75) is 40.2 Å². The topological polar surface area (TPSA) is 59.1 Å². The first-order valence-electron chi connectivity index (χ1n) is 7.08. The van der Waals surface area contributed by atoms with E-state index in [1.807, 2.05) is 13.0 Å². The molecular weight excluding hydrogens is 240 g/mol. The van der Waals surface area contributed by atoms with Crippen LogP contribution in [0.4, 0.5) is 11.8 Å². The minimum atomic E-state index is 0.258. The van der Waals surface area contributed by atoms with Gasteiger partial charge in [0.05, 0.1) is 12.6 Å². The van der Waals surface area contributed by atoms with E-state index < -0.39 is 0 Å². The molecule has 1 heterocycles. The van der Waals surface area contributed by atoms with Crippen molar-refractivity contribution in [2.24, 2.45) is 5.92 Å². The van der Waals surface area contributed by atoms with Gasteiger partial charge in [-0.05, 0) is 25.3 Å². The summed E-state index contributed by atoms with van der Waals surface area (Å²) in [6.07, 6.45) is 2.82. The molecule has 0 aliphatic rings. The molecule has 1 aromatic heterocycles. The van der Waals surface area contributed by atoms with E-state index in [4.69, 9.17) is 4.74 Å². The molecule has 0 bridgehead atoms. The van der Waals surface area contributed by atoms with Gasteiger partial charge >= 0.3 is 0 Å². The average Bonchev–Trinajstić information content (AvgIpc) is 2.41. The molecule has 5 nitrogen and oxygen atoms in total. The second-order valence-electron chi connectivity index (χ2n) is 4.85. The molecule has 1 rings (SSSR count). The third-order valence-corrected chi connectivity index (χ3v) is 2.83. The summed E-state index contributed by atoms with van der Waals surface area (Å²) < 4.78 is 5.50. The molecule has 0 aliphatic carbocycles. The number of rotatable bonds is 9. The summed E-state index contributed by atoms with van der Waals surface area (Å²) in [5.74, 6) is 1.99. The van der Waals surface area contributed by atoms with E-state index in [-0.39, 0.29) is 6.04 Å². The van der Waals surface area contributed by atoms with E-state index >= 15 is 0 Å². The largest absolute Gasteiger partial charge is 0.380 e. The molecule has 1 unspecified atom stereocenters. The fourth-order valence-electron chi connectivity index (χ4n) is 1.60. The van der Waals surface area contributed by atoms with Gasteiger partial charge in [-0.1, -0.05) is 20.8 Å². The van der Waals surface area contributed by atoms with Gasteiger partial charge in [-0.25, -0.2) is 4.98 Å². The van der Waals surface area contributed by atoms with Crippen molar-refractivity contribution in [3.05, 3.63) is 12.3 Å². The van der Waals surface area contributed by atoms with E-state index in [0.29, 0.717) is 18.5 Å². The minimum Gasteiger partial charge on any atom is -0.380 e. The smallest absolute Gasteiger partial charge is 0.224 e. The quantitative estimate of drug-likeness (QED) is 0.719. The van der Waals surface area contributed by atoms with Gasteiger partial charge in [0.25, 0.3) is 0 Å². The van der Waals surface area contributed by atoms with Gasteiger partial charge in [-0.3, -0.25) is 0 Å². The van der Waals surface area contributed by atoms with Crippen LogP contribution >= 0.6 is 0 Å². The molecule has 0 saturated carbocycles. The van der Waals surface area contributed by atoms with E-state index in [9.17, 15) is 0 Å². The molecule has 2 N–H and O–H groups in total. The van der Waals surface area contributed by atoms with Crippen LogP contribution in [0.15, 0.2) is 12.3 Å². The predicted octanol–water partition coefficient (Wildman–Crippen LogP) is 2.77. The van der Waals surface area contributed by atoms with Crippen molar-refractivity contribution in [1.82, 2.24) is 9.97 Å². The first-order chi connectivity index (χ1) is 9.17. The Hall–Kier alpha value is -1.36. The molecule has 1 aromatic rings. The number of anilines is 2. The molecule has 108 valence electrons. The van der Waals surface area contributed by atoms with Crippen LogP contribution in [0.1, 0.15) is 34.1 Å². The first-order valence-corrected chi connectivity index (χ1v) is 7.08. The molecule has 0 aliphatic heterocycles. The Morgan fingerprint density at radius 2 is 2.11 bits per heavy atom. The zero-order chi connectivity index (χ0) is 14.1. The summed E-state index contributed by atoms with van der Waals surface area (Å²) in [5, 5.41) is 6.60. The monoisotopic (exact) mass is 266 g/mol. The summed E-state index contributed by atoms with van der Waals surface area (Å²) >= 11 is 0. The molecular formula is C14H26N4O. The lowest BCUT2D eigenvalue weighted by Gasteiger charge is -2.22. The normalized spacial score (nSPS) is 12.5. The van der Waals surface area contributed by atoms with Gasteiger partial charge < -0.3 is 15.4 Å². The standard InChI is InChI=1S/C14H26N4O/c1-5-8-15-14-16-9-7-13(18-14)17-12(11(3)4)10-19-6-2/h7,9,11-12H,5-6,8,10H2,1-4H3,(H2,15,16,17,18). The lowest BCUT2D eigenvalue weighted by atomic mass is 10.1. The maximum absolute atomic E-state index is 5.50. The van der Waals surface area contributed by atoms with Gasteiger partial charge in [-0.15, -0.1) is 0 Å². The Balaban J connectivity index is 2.62. The number of aromatic nitrogens is 2. The number of hydrogen-bond donors (Lipinski definition) is 2. The fraction of sp³-hybridized carbons (Fsp3) is 0.714. The second-order valence-corrected chi connectivity index (χ2v) is 4.85. The minimum absolute atomic E-state index is 0.258. The fourth-order valence-corrected chi connectivity index (χ4v) is 1.60. The van der Waals surface area contributed by atoms with E-state index in [2.05, 4.69) is 41.4 Å². The van der Waals surface area contributed by atoms with E-state index in [1.54, 1.807) is 6.20 Å².